The summed E-state index contributed by atoms with van der Waals surface area (Å²) in [5.41, 5.74) is 7.21. The van der Waals surface area contributed by atoms with Crippen molar-refractivity contribution >= 4 is 0 Å². The number of aryl methyl sites for hydroxylation is 1. The number of rotatable bonds is 7. The highest BCUT2D eigenvalue weighted by Crippen LogP contribution is 2.32. The molecule has 2 rings (SSSR count). The predicted molar refractivity (Wildman–Crippen MR) is 92.5 cm³/mol. The van der Waals surface area contributed by atoms with Crippen LogP contribution in [-0.2, 0) is 0 Å². The fraction of sp³-hybridized carbons (Fsp3) is 0.500. The largest absolute Gasteiger partial charge is 0.491 e. The maximum absolute atomic E-state index is 13.4. The molecule has 7 heteroatoms. The van der Waals surface area contributed by atoms with Crippen LogP contribution in [0.2, 0.25) is 0 Å². The molecule has 0 fully saturated rings. The summed E-state index contributed by atoms with van der Waals surface area (Å²) in [5.74, 6) is 0.233. The van der Waals surface area contributed by atoms with Crippen molar-refractivity contribution in [2.75, 3.05) is 6.61 Å². The zero-order chi connectivity index (χ0) is 18.6. The summed E-state index contributed by atoms with van der Waals surface area (Å²) < 4.78 is 32.5. The Morgan fingerprint density at radius 2 is 1.96 bits per heavy atom. The van der Waals surface area contributed by atoms with E-state index in [1.807, 2.05) is 20.8 Å². The van der Waals surface area contributed by atoms with Gasteiger partial charge in [-0.2, -0.15) is 10.2 Å². The third-order valence-electron chi connectivity index (χ3n) is 3.60. The molecule has 0 amide bonds. The summed E-state index contributed by atoms with van der Waals surface area (Å²) in [6.45, 7) is 7.91. The molecule has 1 atom stereocenters. The number of nitrogens with two attached hydrogens (primary N) is 1. The van der Waals surface area contributed by atoms with E-state index in [2.05, 4.69) is 15.2 Å². The second-order valence-electron chi connectivity index (χ2n) is 7.10. The van der Waals surface area contributed by atoms with Crippen molar-refractivity contribution in [1.82, 2.24) is 15.2 Å². The van der Waals surface area contributed by atoms with E-state index in [4.69, 9.17) is 10.5 Å². The van der Waals surface area contributed by atoms with Gasteiger partial charge in [-0.25, -0.2) is 8.78 Å². The van der Waals surface area contributed by atoms with Crippen LogP contribution in [0, 0.1) is 12.8 Å². The molecular formula is C18H24F2N4O. The minimum absolute atomic E-state index is 0.0964. The van der Waals surface area contributed by atoms with Crippen LogP contribution < -0.4 is 10.5 Å². The molecule has 0 saturated heterocycles. The first-order valence-corrected chi connectivity index (χ1v) is 8.15. The molecule has 0 bridgehead atoms. The van der Waals surface area contributed by atoms with Crippen LogP contribution in [0.4, 0.5) is 8.78 Å². The Morgan fingerprint density at radius 1 is 1.24 bits per heavy atom. The number of ether oxygens (including phenoxy) is 1. The van der Waals surface area contributed by atoms with Crippen LogP contribution in [-0.4, -0.2) is 27.3 Å². The fourth-order valence-electron chi connectivity index (χ4n) is 2.71. The first-order chi connectivity index (χ1) is 11.7. The number of pyridine rings is 1. The second kappa shape index (κ2) is 7.82. The van der Waals surface area contributed by atoms with Gasteiger partial charge in [-0.1, -0.05) is 6.92 Å². The molecular weight excluding hydrogens is 326 g/mol. The Balaban J connectivity index is 2.19. The fourth-order valence-corrected chi connectivity index (χ4v) is 2.71. The van der Waals surface area contributed by atoms with E-state index in [1.54, 1.807) is 13.0 Å². The van der Waals surface area contributed by atoms with Gasteiger partial charge in [-0.15, -0.1) is 0 Å². The number of nitrogens with zero attached hydrogens (tertiary/aromatic N) is 3. The maximum Gasteiger partial charge on any atom is 0.267 e. The van der Waals surface area contributed by atoms with Crippen molar-refractivity contribution in [2.24, 2.45) is 11.7 Å². The normalized spacial score (nSPS) is 13.1. The highest BCUT2D eigenvalue weighted by atomic mass is 19.3. The van der Waals surface area contributed by atoms with Gasteiger partial charge in [-0.05, 0) is 45.2 Å². The quantitative estimate of drug-likeness (QED) is 0.819. The average Bonchev–Trinajstić information content (AvgIpc) is 2.51. The van der Waals surface area contributed by atoms with Crippen molar-refractivity contribution in [3.63, 3.8) is 0 Å². The Labute approximate surface area is 146 Å². The molecule has 0 saturated carbocycles. The van der Waals surface area contributed by atoms with Gasteiger partial charge in [0.2, 0.25) is 0 Å². The molecule has 2 aromatic heterocycles. The van der Waals surface area contributed by atoms with Crippen molar-refractivity contribution in [3.8, 4) is 17.0 Å². The molecule has 0 radical (unpaired) electrons. The lowest BCUT2D eigenvalue weighted by Crippen LogP contribution is -2.35. The topological polar surface area (TPSA) is 73.9 Å². The lowest BCUT2D eigenvalue weighted by atomic mass is 9.93. The third-order valence-corrected chi connectivity index (χ3v) is 3.60. The Morgan fingerprint density at radius 3 is 2.56 bits per heavy atom. The average molecular weight is 350 g/mol. The molecule has 2 N–H and O–H groups in total. The first-order valence-electron chi connectivity index (χ1n) is 8.15. The van der Waals surface area contributed by atoms with E-state index in [0.29, 0.717) is 23.6 Å². The van der Waals surface area contributed by atoms with Crippen LogP contribution in [0.1, 0.15) is 44.9 Å². The van der Waals surface area contributed by atoms with Crippen molar-refractivity contribution in [1.29, 1.82) is 0 Å². The minimum Gasteiger partial charge on any atom is -0.491 e. The van der Waals surface area contributed by atoms with E-state index in [0.717, 1.165) is 6.42 Å². The van der Waals surface area contributed by atoms with Gasteiger partial charge in [0.05, 0.1) is 36.0 Å². The number of hydrogen-bond acceptors (Lipinski definition) is 5. The molecule has 0 aliphatic rings. The Bertz CT molecular complexity index is 716. The van der Waals surface area contributed by atoms with Gasteiger partial charge in [0.15, 0.2) is 0 Å². The first kappa shape index (κ1) is 19.2. The molecule has 136 valence electrons. The highest BCUT2D eigenvalue weighted by molar-refractivity contribution is 5.60. The summed E-state index contributed by atoms with van der Waals surface area (Å²) in [4.78, 5) is 4.23. The summed E-state index contributed by atoms with van der Waals surface area (Å²) >= 11 is 0. The number of alkyl halides is 2. The van der Waals surface area contributed by atoms with Gasteiger partial charge in [-0.3, -0.25) is 4.98 Å². The van der Waals surface area contributed by atoms with Gasteiger partial charge in [0, 0.05) is 11.1 Å². The summed E-state index contributed by atoms with van der Waals surface area (Å²) in [6, 6.07) is 3.09. The molecule has 0 spiro atoms. The molecule has 0 aromatic carbocycles. The predicted octanol–water partition coefficient (Wildman–Crippen LogP) is 3.93. The summed E-state index contributed by atoms with van der Waals surface area (Å²) in [7, 11) is 0. The van der Waals surface area contributed by atoms with Crippen LogP contribution in [0.15, 0.2) is 24.5 Å². The van der Waals surface area contributed by atoms with E-state index in [-0.39, 0.29) is 22.8 Å². The van der Waals surface area contributed by atoms with E-state index in [1.165, 1.54) is 18.5 Å². The maximum atomic E-state index is 13.4. The van der Waals surface area contributed by atoms with Crippen LogP contribution in [0.25, 0.3) is 11.3 Å². The van der Waals surface area contributed by atoms with Crippen molar-refractivity contribution in [2.45, 2.75) is 46.1 Å². The molecule has 0 unspecified atom stereocenters. The van der Waals surface area contributed by atoms with Crippen molar-refractivity contribution in [3.05, 3.63) is 35.8 Å². The van der Waals surface area contributed by atoms with Crippen LogP contribution in [0.5, 0.6) is 5.75 Å². The molecule has 2 aromatic rings. The Hall–Kier alpha value is -2.15. The molecule has 2 heterocycles. The lowest BCUT2D eigenvalue weighted by Gasteiger charge is -2.23. The smallest absolute Gasteiger partial charge is 0.267 e. The summed E-state index contributed by atoms with van der Waals surface area (Å²) in [6.07, 6.45) is 0.905. The Kier molecular flexibility index (Phi) is 6.00. The second-order valence-corrected chi connectivity index (χ2v) is 7.10. The third kappa shape index (κ3) is 5.70. The van der Waals surface area contributed by atoms with Crippen molar-refractivity contribution < 1.29 is 13.5 Å². The van der Waals surface area contributed by atoms with Gasteiger partial charge in [0.25, 0.3) is 6.43 Å². The van der Waals surface area contributed by atoms with Crippen LogP contribution in [0.3, 0.4) is 0 Å². The minimum atomic E-state index is -2.66. The highest BCUT2D eigenvalue weighted by Gasteiger charge is 2.20. The molecule has 0 aliphatic carbocycles. The number of aromatic nitrogens is 3. The molecule has 0 aliphatic heterocycles. The summed E-state index contributed by atoms with van der Waals surface area (Å²) in [5, 5.41) is 7.69. The zero-order valence-corrected chi connectivity index (χ0v) is 15.0. The molecule has 5 nitrogen and oxygen atoms in total. The zero-order valence-electron chi connectivity index (χ0n) is 15.0. The van der Waals surface area contributed by atoms with Crippen LogP contribution >= 0.6 is 0 Å². The van der Waals surface area contributed by atoms with E-state index in [9.17, 15) is 8.78 Å². The molecule has 25 heavy (non-hydrogen) atoms. The van der Waals surface area contributed by atoms with Gasteiger partial charge >= 0.3 is 0 Å². The van der Waals surface area contributed by atoms with E-state index >= 15 is 0 Å². The SMILES string of the molecule is Cc1cc(-c2cc(C(F)F)c(OC[C@@H](C)CC(C)(C)N)cn2)cnn1. The van der Waals surface area contributed by atoms with Gasteiger partial charge in [0.1, 0.15) is 5.75 Å². The standard InChI is InChI=1S/C18H24F2N4O/c1-11(7-18(3,4)21)10-25-16-9-22-15(6-14(16)17(19)20)13-5-12(2)24-23-8-13/h5-6,8-9,11,17H,7,10,21H2,1-4H3/t11-/m0/s1. The lowest BCUT2D eigenvalue weighted by molar-refractivity contribution is 0.142. The van der Waals surface area contributed by atoms with E-state index < -0.39 is 6.43 Å². The number of hydrogen-bond donors (Lipinski definition) is 1. The van der Waals surface area contributed by atoms with Gasteiger partial charge < -0.3 is 10.5 Å². The monoisotopic (exact) mass is 350 g/mol. The number of halogens is 2.